The molecule has 2 aromatic rings. The first-order valence-electron chi connectivity index (χ1n) is 14.9. The first-order valence-corrected chi connectivity index (χ1v) is 14.9. The van der Waals surface area contributed by atoms with Crippen LogP contribution in [0.1, 0.15) is 37.8 Å². The molecule has 8 heteroatoms. The molecule has 2 aromatic heterocycles. The van der Waals surface area contributed by atoms with Gasteiger partial charge in [-0.25, -0.2) is 9.97 Å². The number of imidazole rings is 2. The summed E-state index contributed by atoms with van der Waals surface area (Å²) in [5.74, 6) is 0. The largest absolute Gasteiger partial charge is 0.348 e. The minimum atomic E-state index is 0.875. The van der Waals surface area contributed by atoms with Crippen LogP contribution in [-0.4, -0.2) is 95.3 Å². The predicted octanol–water partition coefficient (Wildman–Crippen LogP) is 4.87. The van der Waals surface area contributed by atoms with Gasteiger partial charge in [-0.05, 0) is 52.2 Å². The SMILES string of the molecule is C=C1CCN(C)CC1.C=C1CCNCC1.C=CCCn1ccnc1.C=CCN1CCNCC1.C=CCc1cnc[nH]1. The molecular formula is C33H56N8. The molecule has 0 spiro atoms. The zero-order valence-corrected chi connectivity index (χ0v) is 25.7. The molecule has 3 fully saturated rings. The van der Waals surface area contributed by atoms with E-state index in [0.29, 0.717) is 0 Å². The average Bonchev–Trinajstić information content (AvgIpc) is 3.71. The second-order valence-corrected chi connectivity index (χ2v) is 10.3. The quantitative estimate of drug-likeness (QED) is 0.417. The summed E-state index contributed by atoms with van der Waals surface area (Å²) in [6.07, 6.45) is 21.4. The van der Waals surface area contributed by atoms with Gasteiger partial charge >= 0.3 is 0 Å². The zero-order chi connectivity index (χ0) is 30.0. The van der Waals surface area contributed by atoms with Gasteiger partial charge in [-0.15, -0.1) is 19.7 Å². The van der Waals surface area contributed by atoms with Crippen LogP contribution in [-0.2, 0) is 13.0 Å². The number of likely N-dealkylation sites (tertiary alicyclic amines) is 1. The minimum Gasteiger partial charge on any atom is -0.348 e. The number of nitrogens with one attached hydrogen (secondary N) is 3. The molecule has 3 aliphatic rings. The van der Waals surface area contributed by atoms with Crippen molar-refractivity contribution in [3.8, 4) is 0 Å². The van der Waals surface area contributed by atoms with Crippen LogP contribution < -0.4 is 10.6 Å². The Labute approximate surface area is 250 Å². The number of aryl methyl sites for hydroxylation is 1. The summed E-state index contributed by atoms with van der Waals surface area (Å²) in [4.78, 5) is 15.4. The van der Waals surface area contributed by atoms with E-state index in [4.69, 9.17) is 0 Å². The lowest BCUT2D eigenvalue weighted by atomic mass is 10.1. The normalized spacial score (nSPS) is 17.1. The Kier molecular flexibility index (Phi) is 21.7. The molecule has 228 valence electrons. The van der Waals surface area contributed by atoms with E-state index in [1.165, 1.54) is 63.0 Å². The van der Waals surface area contributed by atoms with Crippen molar-refractivity contribution in [2.45, 2.75) is 45.1 Å². The highest BCUT2D eigenvalue weighted by atomic mass is 15.2. The van der Waals surface area contributed by atoms with Gasteiger partial charge in [0.1, 0.15) is 0 Å². The van der Waals surface area contributed by atoms with Crippen molar-refractivity contribution in [3.05, 3.63) is 99.2 Å². The third kappa shape index (κ3) is 20.5. The van der Waals surface area contributed by atoms with Crippen LogP contribution >= 0.6 is 0 Å². The number of hydrogen-bond acceptors (Lipinski definition) is 6. The fraction of sp³-hybridized carbons (Fsp3) is 0.515. The molecule has 41 heavy (non-hydrogen) atoms. The third-order valence-corrected chi connectivity index (χ3v) is 6.67. The number of H-pyrrole nitrogens is 1. The van der Waals surface area contributed by atoms with Crippen molar-refractivity contribution in [3.63, 3.8) is 0 Å². The fourth-order valence-corrected chi connectivity index (χ4v) is 4.00. The van der Waals surface area contributed by atoms with Crippen LogP contribution in [0.25, 0.3) is 0 Å². The Bertz CT molecular complexity index is 909. The molecule has 3 saturated heterocycles. The number of nitrogens with zero attached hydrogens (tertiary/aromatic N) is 5. The summed E-state index contributed by atoms with van der Waals surface area (Å²) in [5.41, 5.74) is 3.93. The van der Waals surface area contributed by atoms with E-state index in [-0.39, 0.29) is 0 Å². The number of allylic oxidation sites excluding steroid dienone is 2. The van der Waals surface area contributed by atoms with Gasteiger partial charge < -0.3 is 25.1 Å². The zero-order valence-electron chi connectivity index (χ0n) is 25.7. The molecule has 0 unspecified atom stereocenters. The van der Waals surface area contributed by atoms with Crippen molar-refractivity contribution in [1.29, 1.82) is 0 Å². The lowest BCUT2D eigenvalue weighted by Gasteiger charge is -2.25. The highest BCUT2D eigenvalue weighted by Gasteiger charge is 2.06. The minimum absolute atomic E-state index is 0.875. The first-order chi connectivity index (χ1) is 20.0. The maximum Gasteiger partial charge on any atom is 0.0946 e. The first kappa shape index (κ1) is 36.0. The molecule has 0 amide bonds. The van der Waals surface area contributed by atoms with E-state index in [1.807, 2.05) is 35.3 Å². The van der Waals surface area contributed by atoms with Gasteiger partial charge in [0.05, 0.1) is 12.7 Å². The molecule has 0 aliphatic carbocycles. The van der Waals surface area contributed by atoms with Crippen molar-refractivity contribution >= 4 is 0 Å². The number of hydrogen-bond donors (Lipinski definition) is 3. The van der Waals surface area contributed by atoms with E-state index < -0.39 is 0 Å². The van der Waals surface area contributed by atoms with Crippen LogP contribution in [0.2, 0.25) is 0 Å². The van der Waals surface area contributed by atoms with Crippen molar-refractivity contribution in [2.24, 2.45) is 0 Å². The van der Waals surface area contributed by atoms with Gasteiger partial charge in [-0.2, -0.15) is 0 Å². The molecule has 5 heterocycles. The summed E-state index contributed by atoms with van der Waals surface area (Å²) < 4.78 is 2.03. The molecule has 3 aliphatic heterocycles. The van der Waals surface area contributed by atoms with Gasteiger partial charge in [-0.3, -0.25) is 4.90 Å². The van der Waals surface area contributed by atoms with Gasteiger partial charge in [0.15, 0.2) is 0 Å². The van der Waals surface area contributed by atoms with E-state index >= 15 is 0 Å². The van der Waals surface area contributed by atoms with E-state index in [2.05, 4.69) is 75.3 Å². The van der Waals surface area contributed by atoms with Gasteiger partial charge in [0.25, 0.3) is 0 Å². The molecule has 8 nitrogen and oxygen atoms in total. The van der Waals surface area contributed by atoms with E-state index in [9.17, 15) is 0 Å². The van der Waals surface area contributed by atoms with Crippen LogP contribution in [0, 0.1) is 0 Å². The second-order valence-electron chi connectivity index (χ2n) is 10.3. The Morgan fingerprint density at radius 2 is 1.49 bits per heavy atom. The fourth-order valence-electron chi connectivity index (χ4n) is 4.00. The third-order valence-electron chi connectivity index (χ3n) is 6.67. The smallest absolute Gasteiger partial charge is 0.0946 e. The summed E-state index contributed by atoms with van der Waals surface area (Å²) in [7, 11) is 2.16. The summed E-state index contributed by atoms with van der Waals surface area (Å²) >= 11 is 0. The van der Waals surface area contributed by atoms with Crippen LogP contribution in [0.3, 0.4) is 0 Å². The van der Waals surface area contributed by atoms with Crippen molar-refractivity contribution < 1.29 is 0 Å². The summed E-state index contributed by atoms with van der Waals surface area (Å²) in [5, 5.41) is 6.55. The maximum absolute atomic E-state index is 3.92. The Morgan fingerprint density at radius 3 is 1.95 bits per heavy atom. The van der Waals surface area contributed by atoms with Crippen molar-refractivity contribution in [2.75, 3.05) is 66.0 Å². The lowest BCUT2D eigenvalue weighted by molar-refractivity contribution is 0.265. The number of aromatic amines is 1. The number of aromatic nitrogens is 4. The second kappa shape index (κ2) is 24.7. The van der Waals surface area contributed by atoms with Gasteiger partial charge in [0.2, 0.25) is 0 Å². The average molecular weight is 565 g/mol. The van der Waals surface area contributed by atoms with Crippen LogP contribution in [0.5, 0.6) is 0 Å². The highest BCUT2D eigenvalue weighted by Crippen LogP contribution is 2.11. The van der Waals surface area contributed by atoms with Gasteiger partial charge in [0, 0.05) is 83.1 Å². The molecule has 5 rings (SSSR count). The topological polar surface area (TPSA) is 77.0 Å². The van der Waals surface area contributed by atoms with Gasteiger partial charge in [-0.1, -0.05) is 42.5 Å². The number of piperazine rings is 1. The maximum atomic E-state index is 3.92. The standard InChI is InChI=1S/C7H14N2.C7H10N2.C7H13N.C6H8N2.C6H11N/c1-2-5-9-6-3-8-4-7-9;1-2-3-5-9-6-4-8-7-9;1-7-3-5-8(2)6-4-7;1-2-3-6-4-7-5-8-6;1-6-2-4-7-5-3-6/h2,8H,1,3-7H2;2,4,6-7H,1,3,5H2;1,3-6H2,2H3;2,4-5H,1,3H2,(H,7,8);7H,1-5H2. The number of piperidine rings is 2. The lowest BCUT2D eigenvalue weighted by Crippen LogP contribution is -2.43. The van der Waals surface area contributed by atoms with Crippen molar-refractivity contribution in [1.82, 2.24) is 40.0 Å². The van der Waals surface area contributed by atoms with Crippen LogP contribution in [0.15, 0.2) is 93.5 Å². The molecule has 0 bridgehead atoms. The molecule has 0 saturated carbocycles. The predicted molar refractivity (Wildman–Crippen MR) is 176 cm³/mol. The Morgan fingerprint density at radius 1 is 0.829 bits per heavy atom. The highest BCUT2D eigenvalue weighted by molar-refractivity contribution is 4.99. The number of rotatable bonds is 7. The van der Waals surface area contributed by atoms with Crippen LogP contribution in [0.4, 0.5) is 0 Å². The summed E-state index contributed by atoms with van der Waals surface area (Å²) in [6, 6.07) is 0. The molecular weight excluding hydrogens is 508 g/mol. The Balaban J connectivity index is 0.000000257. The van der Waals surface area contributed by atoms with E-state index in [0.717, 1.165) is 57.8 Å². The molecule has 3 N–H and O–H groups in total. The Hall–Kier alpha value is -3.04. The molecule has 0 aromatic carbocycles. The monoisotopic (exact) mass is 564 g/mol. The molecule has 0 radical (unpaired) electrons. The summed E-state index contributed by atoms with van der Waals surface area (Å²) in [6.45, 7) is 30.0. The molecule has 0 atom stereocenters. The van der Waals surface area contributed by atoms with E-state index in [1.54, 1.807) is 18.7 Å².